The summed E-state index contributed by atoms with van der Waals surface area (Å²) in [7, 11) is 0. The molecule has 1 aromatic carbocycles. The van der Waals surface area contributed by atoms with Crippen LogP contribution in [0, 0.1) is 11.8 Å². The molecule has 6 heteroatoms. The molecular formula is C25H35ClN2O3. The van der Waals surface area contributed by atoms with Crippen LogP contribution in [0.3, 0.4) is 0 Å². The predicted molar refractivity (Wildman–Crippen MR) is 124 cm³/mol. The molecular weight excluding hydrogens is 412 g/mol. The van der Waals surface area contributed by atoms with Gasteiger partial charge in [-0.1, -0.05) is 63.8 Å². The van der Waals surface area contributed by atoms with Gasteiger partial charge in [-0.2, -0.15) is 0 Å². The fourth-order valence-corrected chi connectivity index (χ4v) is 5.04. The predicted octanol–water partition coefficient (Wildman–Crippen LogP) is 6.11. The van der Waals surface area contributed by atoms with Crippen LogP contribution in [0.15, 0.2) is 30.0 Å². The van der Waals surface area contributed by atoms with Gasteiger partial charge in [0.15, 0.2) is 0 Å². The number of carboxylic acid groups (broad SMARTS) is 1. The second-order valence-corrected chi connectivity index (χ2v) is 9.67. The first-order chi connectivity index (χ1) is 14.8. The fourth-order valence-electron chi connectivity index (χ4n) is 4.76. The second kappa shape index (κ2) is 10.1. The van der Waals surface area contributed by atoms with Crippen LogP contribution < -0.4 is 5.32 Å². The third kappa shape index (κ3) is 5.25. The van der Waals surface area contributed by atoms with E-state index in [0.717, 1.165) is 28.5 Å². The van der Waals surface area contributed by atoms with E-state index in [1.54, 1.807) is 4.90 Å². The van der Waals surface area contributed by atoms with Crippen LogP contribution in [0.2, 0.25) is 5.02 Å². The molecule has 170 valence electrons. The van der Waals surface area contributed by atoms with Crippen molar-refractivity contribution in [2.45, 2.75) is 77.7 Å². The number of benzene rings is 1. The Morgan fingerprint density at radius 3 is 2.65 bits per heavy atom. The van der Waals surface area contributed by atoms with E-state index >= 15 is 0 Å². The highest BCUT2D eigenvalue weighted by Gasteiger charge is 2.42. The van der Waals surface area contributed by atoms with Crippen LogP contribution >= 0.6 is 11.6 Å². The molecule has 1 saturated carbocycles. The van der Waals surface area contributed by atoms with Crippen molar-refractivity contribution in [2.75, 3.05) is 6.54 Å². The summed E-state index contributed by atoms with van der Waals surface area (Å²) in [5.74, 6) is 0.206. The Morgan fingerprint density at radius 1 is 1.35 bits per heavy atom. The molecule has 0 saturated heterocycles. The van der Waals surface area contributed by atoms with Gasteiger partial charge in [0, 0.05) is 24.2 Å². The van der Waals surface area contributed by atoms with Gasteiger partial charge in [-0.25, -0.2) is 4.79 Å². The van der Waals surface area contributed by atoms with E-state index in [4.69, 9.17) is 16.7 Å². The average Bonchev–Trinajstić information content (AvgIpc) is 2.68. The van der Waals surface area contributed by atoms with Gasteiger partial charge < -0.3 is 15.3 Å². The van der Waals surface area contributed by atoms with Gasteiger partial charge in [-0.15, -0.1) is 0 Å². The van der Waals surface area contributed by atoms with Crippen molar-refractivity contribution < 1.29 is 14.7 Å². The van der Waals surface area contributed by atoms with Gasteiger partial charge in [-0.05, 0) is 60.3 Å². The van der Waals surface area contributed by atoms with Gasteiger partial charge in [0.1, 0.15) is 0 Å². The first-order valence-electron chi connectivity index (χ1n) is 11.6. The molecule has 1 heterocycles. The SMILES string of the molecule is CC[C@]1(c2ccc(CCC3CCC3)c(Cl)c2)NC(=O)N(CCCC(=O)O)C=C1C(C)C. The Morgan fingerprint density at radius 2 is 2.10 bits per heavy atom. The minimum Gasteiger partial charge on any atom is -0.481 e. The highest BCUT2D eigenvalue weighted by atomic mass is 35.5. The number of carbonyl (C=O) groups is 2. The molecule has 0 aromatic heterocycles. The molecule has 1 aliphatic carbocycles. The van der Waals surface area contributed by atoms with Crippen LogP contribution in [-0.2, 0) is 16.8 Å². The smallest absolute Gasteiger partial charge is 0.322 e. The van der Waals surface area contributed by atoms with Crippen molar-refractivity contribution in [2.24, 2.45) is 11.8 Å². The van der Waals surface area contributed by atoms with E-state index < -0.39 is 11.5 Å². The molecule has 2 N–H and O–H groups in total. The number of hydrogen-bond donors (Lipinski definition) is 2. The topological polar surface area (TPSA) is 69.6 Å². The van der Waals surface area contributed by atoms with Crippen LogP contribution in [-0.4, -0.2) is 28.6 Å². The zero-order valence-corrected chi connectivity index (χ0v) is 19.7. The first kappa shape index (κ1) is 23.6. The summed E-state index contributed by atoms with van der Waals surface area (Å²) in [6, 6.07) is 6.07. The summed E-state index contributed by atoms with van der Waals surface area (Å²) in [6.45, 7) is 6.71. The number of hydrogen-bond acceptors (Lipinski definition) is 2. The van der Waals surface area contributed by atoms with E-state index in [9.17, 15) is 9.59 Å². The molecule has 2 amide bonds. The number of urea groups is 1. The maximum atomic E-state index is 12.9. The summed E-state index contributed by atoms with van der Waals surface area (Å²) < 4.78 is 0. The summed E-state index contributed by atoms with van der Waals surface area (Å²) in [6.07, 6.45) is 9.33. The Bertz CT molecular complexity index is 847. The number of nitrogens with zero attached hydrogens (tertiary/aromatic N) is 1. The summed E-state index contributed by atoms with van der Waals surface area (Å²) in [5.41, 5.74) is 2.69. The van der Waals surface area contributed by atoms with E-state index in [1.165, 1.54) is 31.2 Å². The largest absolute Gasteiger partial charge is 0.481 e. The summed E-state index contributed by atoms with van der Waals surface area (Å²) in [4.78, 5) is 25.4. The molecule has 1 aliphatic heterocycles. The number of halogens is 1. The number of aliphatic carboxylic acids is 1. The standard InChI is InChI=1S/C25H35ClN2O3/c1-4-25(20-13-12-19(22(26)15-20)11-10-18-7-5-8-18)21(17(2)3)16-28(24(31)27-25)14-6-9-23(29)30/h12-13,15-18H,4-11,14H2,1-3H3,(H,27,31)(H,29,30)/t25-/m1/s1. The van der Waals surface area contributed by atoms with Gasteiger partial charge >= 0.3 is 12.0 Å². The van der Waals surface area contributed by atoms with Crippen molar-refractivity contribution in [3.05, 3.63) is 46.1 Å². The Balaban J connectivity index is 1.86. The molecule has 1 fully saturated rings. The molecule has 3 rings (SSSR count). The Labute approximate surface area is 190 Å². The van der Waals surface area contributed by atoms with Crippen LogP contribution in [0.4, 0.5) is 4.79 Å². The minimum absolute atomic E-state index is 0.0471. The highest BCUT2D eigenvalue weighted by molar-refractivity contribution is 6.31. The molecule has 5 nitrogen and oxygen atoms in total. The highest BCUT2D eigenvalue weighted by Crippen LogP contribution is 2.41. The third-order valence-electron chi connectivity index (χ3n) is 6.90. The van der Waals surface area contributed by atoms with Gasteiger partial charge in [0.05, 0.1) is 5.54 Å². The summed E-state index contributed by atoms with van der Waals surface area (Å²) >= 11 is 6.70. The van der Waals surface area contributed by atoms with E-state index in [-0.39, 0.29) is 18.4 Å². The van der Waals surface area contributed by atoms with Crippen molar-refractivity contribution in [1.82, 2.24) is 10.2 Å². The maximum absolute atomic E-state index is 12.9. The first-order valence-corrected chi connectivity index (χ1v) is 12.0. The lowest BCUT2D eigenvalue weighted by Gasteiger charge is -2.44. The fraction of sp³-hybridized carbons (Fsp3) is 0.600. The molecule has 31 heavy (non-hydrogen) atoms. The maximum Gasteiger partial charge on any atom is 0.322 e. The lowest BCUT2D eigenvalue weighted by atomic mass is 9.74. The molecule has 0 unspecified atom stereocenters. The zero-order chi connectivity index (χ0) is 22.6. The van der Waals surface area contributed by atoms with E-state index in [0.29, 0.717) is 19.4 Å². The lowest BCUT2D eigenvalue weighted by molar-refractivity contribution is -0.137. The minimum atomic E-state index is -0.847. The number of nitrogens with one attached hydrogen (secondary N) is 1. The van der Waals surface area contributed by atoms with Crippen molar-refractivity contribution in [3.63, 3.8) is 0 Å². The average molecular weight is 447 g/mol. The Kier molecular flexibility index (Phi) is 7.68. The van der Waals surface area contributed by atoms with Crippen molar-refractivity contribution in [1.29, 1.82) is 0 Å². The normalized spacial score (nSPS) is 21.6. The molecule has 0 bridgehead atoms. The number of carbonyl (C=O) groups excluding carboxylic acids is 1. The molecule has 1 aromatic rings. The van der Waals surface area contributed by atoms with Crippen LogP contribution in [0.1, 0.15) is 76.8 Å². The number of rotatable bonds is 10. The zero-order valence-electron chi connectivity index (χ0n) is 18.9. The number of aryl methyl sites for hydroxylation is 1. The van der Waals surface area contributed by atoms with Crippen molar-refractivity contribution in [3.8, 4) is 0 Å². The quantitative estimate of drug-likeness (QED) is 0.455. The lowest BCUT2D eigenvalue weighted by Crippen LogP contribution is -2.56. The van der Waals surface area contributed by atoms with Crippen LogP contribution in [0.25, 0.3) is 0 Å². The molecule has 0 radical (unpaired) electrons. The Hall–Kier alpha value is -2.01. The van der Waals surface area contributed by atoms with Crippen LogP contribution in [0.5, 0.6) is 0 Å². The van der Waals surface area contributed by atoms with Gasteiger partial charge in [0.2, 0.25) is 0 Å². The number of carboxylic acids is 1. The monoisotopic (exact) mass is 446 g/mol. The van der Waals surface area contributed by atoms with E-state index in [1.807, 2.05) is 12.3 Å². The van der Waals surface area contributed by atoms with Gasteiger partial charge in [0.25, 0.3) is 0 Å². The molecule has 0 spiro atoms. The molecule has 1 atom stereocenters. The summed E-state index contributed by atoms with van der Waals surface area (Å²) in [5, 5.41) is 12.9. The molecule has 2 aliphatic rings. The number of amides is 2. The van der Waals surface area contributed by atoms with E-state index in [2.05, 4.69) is 38.2 Å². The van der Waals surface area contributed by atoms with Crippen molar-refractivity contribution >= 4 is 23.6 Å². The third-order valence-corrected chi connectivity index (χ3v) is 7.26. The second-order valence-electron chi connectivity index (χ2n) is 9.26. The van der Waals surface area contributed by atoms with Gasteiger partial charge in [-0.3, -0.25) is 4.79 Å².